The summed E-state index contributed by atoms with van der Waals surface area (Å²) in [5.41, 5.74) is 6.52. The van der Waals surface area contributed by atoms with Crippen LogP contribution < -0.4 is 10.5 Å². The van der Waals surface area contributed by atoms with Crippen molar-refractivity contribution in [1.29, 1.82) is 0 Å². The number of rotatable bonds is 9. The molecule has 9 heteroatoms. The number of ether oxygens (including phenoxy) is 1. The van der Waals surface area contributed by atoms with Crippen molar-refractivity contribution in [3.8, 4) is 16.5 Å². The zero-order chi connectivity index (χ0) is 20.8. The average Bonchev–Trinajstić information content (AvgIpc) is 3.37. The highest BCUT2D eigenvalue weighted by Gasteiger charge is 2.19. The van der Waals surface area contributed by atoms with Gasteiger partial charge >= 0.3 is 0 Å². The standard InChI is InChI=1S/C20H22N4O4S/c1-3-8-24(11-17-22-23-20(28-17)16-5-4-9-29-16)18(25)12-27-15-10-13(2)6-7-14(15)19(21)26/h4-7,9-10H,3,8,11-12H2,1-2H3,(H2,21,26). The summed E-state index contributed by atoms with van der Waals surface area (Å²) >= 11 is 1.50. The third kappa shape index (κ3) is 5.20. The van der Waals surface area contributed by atoms with Crippen molar-refractivity contribution in [2.75, 3.05) is 13.2 Å². The zero-order valence-corrected chi connectivity index (χ0v) is 17.1. The molecule has 0 spiro atoms. The molecule has 0 aliphatic carbocycles. The normalized spacial score (nSPS) is 10.7. The van der Waals surface area contributed by atoms with Gasteiger partial charge in [0.05, 0.1) is 17.0 Å². The molecule has 0 atom stereocenters. The molecule has 0 radical (unpaired) electrons. The van der Waals surface area contributed by atoms with Crippen LogP contribution in [0, 0.1) is 6.92 Å². The quantitative estimate of drug-likeness (QED) is 0.576. The Morgan fingerprint density at radius 3 is 2.79 bits per heavy atom. The van der Waals surface area contributed by atoms with E-state index in [9.17, 15) is 9.59 Å². The molecule has 152 valence electrons. The summed E-state index contributed by atoms with van der Waals surface area (Å²) in [6.07, 6.45) is 0.759. The summed E-state index contributed by atoms with van der Waals surface area (Å²) in [5, 5.41) is 10.0. The van der Waals surface area contributed by atoms with Gasteiger partial charge in [-0.25, -0.2) is 0 Å². The van der Waals surface area contributed by atoms with E-state index >= 15 is 0 Å². The molecule has 0 fully saturated rings. The highest BCUT2D eigenvalue weighted by atomic mass is 32.1. The van der Waals surface area contributed by atoms with E-state index < -0.39 is 5.91 Å². The van der Waals surface area contributed by atoms with Crippen LogP contribution in [0.4, 0.5) is 0 Å². The van der Waals surface area contributed by atoms with Gasteiger partial charge in [-0.15, -0.1) is 21.5 Å². The minimum Gasteiger partial charge on any atom is -0.483 e. The number of aromatic nitrogens is 2. The first-order chi connectivity index (χ1) is 14.0. The van der Waals surface area contributed by atoms with Gasteiger partial charge in [0.25, 0.3) is 17.7 Å². The summed E-state index contributed by atoms with van der Waals surface area (Å²) < 4.78 is 11.3. The molecule has 3 rings (SSSR count). The van der Waals surface area contributed by atoms with E-state index in [1.807, 2.05) is 31.4 Å². The third-order valence-electron chi connectivity index (χ3n) is 4.12. The largest absolute Gasteiger partial charge is 0.483 e. The Balaban J connectivity index is 1.67. The number of aryl methyl sites for hydroxylation is 1. The second kappa shape index (κ2) is 9.33. The summed E-state index contributed by atoms with van der Waals surface area (Å²) in [6, 6.07) is 8.83. The Morgan fingerprint density at radius 1 is 1.28 bits per heavy atom. The molecule has 0 aliphatic rings. The Kier molecular flexibility index (Phi) is 6.61. The molecule has 0 aliphatic heterocycles. The van der Waals surface area contributed by atoms with E-state index in [4.69, 9.17) is 14.9 Å². The molecule has 0 bridgehead atoms. The summed E-state index contributed by atoms with van der Waals surface area (Å²) in [5.74, 6) is 0.217. The number of carbonyl (C=O) groups excluding carboxylic acids is 2. The number of primary amides is 1. The van der Waals surface area contributed by atoms with Crippen LogP contribution in [-0.2, 0) is 11.3 Å². The molecule has 2 amide bonds. The SMILES string of the molecule is CCCN(Cc1nnc(-c2cccs2)o1)C(=O)COc1cc(C)ccc1C(N)=O. The highest BCUT2D eigenvalue weighted by molar-refractivity contribution is 7.13. The van der Waals surface area contributed by atoms with Gasteiger partial charge in [-0.2, -0.15) is 0 Å². The molecule has 0 saturated heterocycles. The zero-order valence-electron chi connectivity index (χ0n) is 16.3. The number of hydrogen-bond donors (Lipinski definition) is 1. The fourth-order valence-corrected chi connectivity index (χ4v) is 3.37. The molecule has 0 unspecified atom stereocenters. The molecule has 3 aromatic rings. The molecule has 8 nitrogen and oxygen atoms in total. The van der Waals surface area contributed by atoms with Gasteiger partial charge in [0.1, 0.15) is 5.75 Å². The summed E-state index contributed by atoms with van der Waals surface area (Å²) in [7, 11) is 0. The number of hydrogen-bond acceptors (Lipinski definition) is 7. The van der Waals surface area contributed by atoms with E-state index in [1.54, 1.807) is 23.1 Å². The van der Waals surface area contributed by atoms with Crippen molar-refractivity contribution in [3.05, 3.63) is 52.7 Å². The molecule has 1 aromatic carbocycles. The fourth-order valence-electron chi connectivity index (χ4n) is 2.73. The minimum atomic E-state index is -0.607. The maximum Gasteiger partial charge on any atom is 0.260 e. The van der Waals surface area contributed by atoms with Crippen molar-refractivity contribution in [2.45, 2.75) is 26.8 Å². The minimum absolute atomic E-state index is 0.185. The topological polar surface area (TPSA) is 112 Å². The van der Waals surface area contributed by atoms with Crippen molar-refractivity contribution in [1.82, 2.24) is 15.1 Å². The van der Waals surface area contributed by atoms with Gasteiger partial charge in [0.2, 0.25) is 5.89 Å². The van der Waals surface area contributed by atoms with Crippen LogP contribution in [0.2, 0.25) is 0 Å². The smallest absolute Gasteiger partial charge is 0.260 e. The fraction of sp³-hybridized carbons (Fsp3) is 0.300. The summed E-state index contributed by atoms with van der Waals surface area (Å²) in [6.45, 7) is 4.30. The van der Waals surface area contributed by atoms with Crippen molar-refractivity contribution >= 4 is 23.2 Å². The maximum absolute atomic E-state index is 12.7. The predicted octanol–water partition coefficient (Wildman–Crippen LogP) is 3.02. The lowest BCUT2D eigenvalue weighted by molar-refractivity contribution is -0.134. The van der Waals surface area contributed by atoms with Crippen molar-refractivity contribution in [2.24, 2.45) is 5.73 Å². The van der Waals surface area contributed by atoms with Gasteiger partial charge in [0, 0.05) is 6.54 Å². The number of thiophene rings is 1. The van der Waals surface area contributed by atoms with E-state index in [0.29, 0.717) is 24.1 Å². The van der Waals surface area contributed by atoms with E-state index in [0.717, 1.165) is 16.9 Å². The second-order valence-electron chi connectivity index (χ2n) is 6.45. The molecular formula is C20H22N4O4S. The van der Waals surface area contributed by atoms with Gasteiger partial charge in [0.15, 0.2) is 6.61 Å². The first-order valence-electron chi connectivity index (χ1n) is 9.15. The lowest BCUT2D eigenvalue weighted by Gasteiger charge is -2.20. The predicted molar refractivity (Wildman–Crippen MR) is 109 cm³/mol. The number of amides is 2. The van der Waals surface area contributed by atoms with Gasteiger partial charge in [-0.3, -0.25) is 9.59 Å². The Labute approximate surface area is 172 Å². The number of benzene rings is 1. The summed E-state index contributed by atoms with van der Waals surface area (Å²) in [4.78, 5) is 26.7. The van der Waals surface area contributed by atoms with E-state index in [2.05, 4.69) is 10.2 Å². The lowest BCUT2D eigenvalue weighted by atomic mass is 10.1. The van der Waals surface area contributed by atoms with Gasteiger partial charge in [-0.05, 0) is 42.5 Å². The second-order valence-corrected chi connectivity index (χ2v) is 7.39. The number of nitrogens with zero attached hydrogens (tertiary/aromatic N) is 3. The molecule has 0 saturated carbocycles. The molecular weight excluding hydrogens is 392 g/mol. The number of carbonyl (C=O) groups is 2. The van der Waals surface area contributed by atoms with Crippen LogP contribution >= 0.6 is 11.3 Å². The molecule has 2 N–H and O–H groups in total. The Morgan fingerprint density at radius 2 is 2.10 bits per heavy atom. The van der Waals surface area contributed by atoms with E-state index in [-0.39, 0.29) is 24.6 Å². The third-order valence-corrected chi connectivity index (χ3v) is 4.98. The van der Waals surface area contributed by atoms with Crippen molar-refractivity contribution < 1.29 is 18.7 Å². The number of nitrogens with two attached hydrogens (primary N) is 1. The van der Waals surface area contributed by atoms with Crippen molar-refractivity contribution in [3.63, 3.8) is 0 Å². The first kappa shape index (κ1) is 20.5. The van der Waals surface area contributed by atoms with Crippen LogP contribution in [0.5, 0.6) is 5.75 Å². The van der Waals surface area contributed by atoms with E-state index in [1.165, 1.54) is 11.3 Å². The van der Waals surface area contributed by atoms with Gasteiger partial charge < -0.3 is 19.8 Å². The average molecular weight is 414 g/mol. The highest BCUT2D eigenvalue weighted by Crippen LogP contribution is 2.23. The van der Waals surface area contributed by atoms with Crippen LogP contribution in [0.1, 0.15) is 35.2 Å². The Hall–Kier alpha value is -3.20. The maximum atomic E-state index is 12.7. The van der Waals surface area contributed by atoms with Crippen LogP contribution in [0.25, 0.3) is 10.8 Å². The molecule has 2 heterocycles. The van der Waals surface area contributed by atoms with Gasteiger partial charge in [-0.1, -0.05) is 19.1 Å². The van der Waals surface area contributed by atoms with Crippen LogP contribution in [-0.4, -0.2) is 40.1 Å². The molecule has 2 aromatic heterocycles. The Bertz CT molecular complexity index is 984. The van der Waals surface area contributed by atoms with Crippen LogP contribution in [0.3, 0.4) is 0 Å². The monoisotopic (exact) mass is 414 g/mol. The van der Waals surface area contributed by atoms with Crippen LogP contribution in [0.15, 0.2) is 40.1 Å². The lowest BCUT2D eigenvalue weighted by Crippen LogP contribution is -2.35. The molecule has 29 heavy (non-hydrogen) atoms. The first-order valence-corrected chi connectivity index (χ1v) is 10.0.